The molecule has 16 heavy (non-hydrogen) atoms. The molecule has 4 nitrogen and oxygen atoms in total. The van der Waals surface area contributed by atoms with Crippen molar-refractivity contribution in [2.24, 2.45) is 0 Å². The van der Waals surface area contributed by atoms with Crippen molar-refractivity contribution < 1.29 is 14.6 Å². The van der Waals surface area contributed by atoms with E-state index >= 15 is 0 Å². The van der Waals surface area contributed by atoms with Gasteiger partial charge in [0.2, 0.25) is 0 Å². The summed E-state index contributed by atoms with van der Waals surface area (Å²) >= 11 is 1.58. The third-order valence-electron chi connectivity index (χ3n) is 2.16. The number of methoxy groups -OCH3 is 1. The van der Waals surface area contributed by atoms with Crippen molar-refractivity contribution in [3.8, 4) is 0 Å². The molecule has 0 aromatic carbocycles. The van der Waals surface area contributed by atoms with Crippen LogP contribution in [0.2, 0.25) is 0 Å². The molecule has 0 aliphatic carbocycles. The van der Waals surface area contributed by atoms with Crippen molar-refractivity contribution >= 4 is 17.3 Å². The second kappa shape index (κ2) is 6.62. The second-order valence-electron chi connectivity index (χ2n) is 3.59. The molecule has 1 heterocycles. The van der Waals surface area contributed by atoms with E-state index in [1.807, 2.05) is 19.1 Å². The normalized spacial score (nSPS) is 12.4. The van der Waals surface area contributed by atoms with Crippen LogP contribution in [0.4, 0.5) is 0 Å². The number of carbonyl (C=O) groups excluding carboxylic acids is 1. The van der Waals surface area contributed by atoms with Crippen LogP contribution in [0.3, 0.4) is 0 Å². The van der Waals surface area contributed by atoms with Gasteiger partial charge in [-0.3, -0.25) is 4.79 Å². The summed E-state index contributed by atoms with van der Waals surface area (Å²) in [4.78, 5) is 13.2. The molecular weight excluding hydrogens is 226 g/mol. The van der Waals surface area contributed by atoms with Crippen LogP contribution >= 0.6 is 11.3 Å². The predicted molar refractivity (Wildman–Crippen MR) is 63.4 cm³/mol. The van der Waals surface area contributed by atoms with Crippen LogP contribution in [-0.4, -0.2) is 30.8 Å². The highest BCUT2D eigenvalue weighted by Crippen LogP contribution is 2.17. The van der Waals surface area contributed by atoms with Crippen molar-refractivity contribution in [2.45, 2.75) is 25.9 Å². The van der Waals surface area contributed by atoms with Gasteiger partial charge < -0.3 is 15.2 Å². The molecule has 0 spiro atoms. The fourth-order valence-electron chi connectivity index (χ4n) is 1.17. The van der Waals surface area contributed by atoms with E-state index in [1.165, 1.54) is 7.11 Å². The number of ether oxygens (including phenoxy) is 1. The van der Waals surface area contributed by atoms with Gasteiger partial charge in [-0.1, -0.05) is 0 Å². The van der Waals surface area contributed by atoms with Gasteiger partial charge in [-0.05, 0) is 19.1 Å². The lowest BCUT2D eigenvalue weighted by atomic mass is 10.3. The molecule has 0 fully saturated rings. The van der Waals surface area contributed by atoms with Crippen LogP contribution < -0.4 is 5.32 Å². The summed E-state index contributed by atoms with van der Waals surface area (Å²) in [6.45, 7) is 2.76. The van der Waals surface area contributed by atoms with E-state index in [1.54, 1.807) is 11.3 Å². The average molecular weight is 243 g/mol. The molecule has 5 heteroatoms. The molecule has 0 saturated heterocycles. The SMILES string of the molecule is COC(=O)Cc1ccc(CNC(C)CO)s1. The number of esters is 1. The number of nitrogens with one attached hydrogen (secondary N) is 1. The van der Waals surface area contributed by atoms with E-state index in [0.29, 0.717) is 13.0 Å². The number of hydrogen-bond acceptors (Lipinski definition) is 5. The van der Waals surface area contributed by atoms with Gasteiger partial charge in [0.25, 0.3) is 0 Å². The van der Waals surface area contributed by atoms with Crippen molar-refractivity contribution in [3.63, 3.8) is 0 Å². The third-order valence-corrected chi connectivity index (χ3v) is 3.25. The molecule has 2 N–H and O–H groups in total. The maximum atomic E-state index is 11.0. The third kappa shape index (κ3) is 4.30. The van der Waals surface area contributed by atoms with Gasteiger partial charge >= 0.3 is 5.97 Å². The van der Waals surface area contributed by atoms with Gasteiger partial charge in [0.15, 0.2) is 0 Å². The smallest absolute Gasteiger partial charge is 0.310 e. The van der Waals surface area contributed by atoms with Gasteiger partial charge in [-0.25, -0.2) is 0 Å². The Kier molecular flexibility index (Phi) is 5.45. The molecule has 0 aliphatic rings. The first-order valence-corrected chi connectivity index (χ1v) is 5.96. The minimum Gasteiger partial charge on any atom is -0.469 e. The quantitative estimate of drug-likeness (QED) is 0.730. The Balaban J connectivity index is 2.42. The monoisotopic (exact) mass is 243 g/mol. The fraction of sp³-hybridized carbons (Fsp3) is 0.545. The van der Waals surface area contributed by atoms with E-state index in [4.69, 9.17) is 5.11 Å². The number of aliphatic hydroxyl groups is 1. The Morgan fingerprint density at radius 2 is 2.25 bits per heavy atom. The summed E-state index contributed by atoms with van der Waals surface area (Å²) in [5.74, 6) is -0.218. The van der Waals surface area contributed by atoms with Gasteiger partial charge in [-0.2, -0.15) is 0 Å². The number of carbonyl (C=O) groups is 1. The van der Waals surface area contributed by atoms with E-state index in [-0.39, 0.29) is 18.6 Å². The molecule has 0 bridgehead atoms. The highest BCUT2D eigenvalue weighted by molar-refractivity contribution is 7.12. The Morgan fingerprint density at radius 1 is 1.56 bits per heavy atom. The number of thiophene rings is 1. The lowest BCUT2D eigenvalue weighted by Crippen LogP contribution is -2.28. The highest BCUT2D eigenvalue weighted by Gasteiger charge is 2.06. The Bertz CT molecular complexity index is 338. The minimum atomic E-state index is -0.218. The molecule has 1 unspecified atom stereocenters. The van der Waals surface area contributed by atoms with Crippen LogP contribution in [0.5, 0.6) is 0 Å². The standard InChI is InChI=1S/C11H17NO3S/c1-8(7-13)12-6-10-4-3-9(16-10)5-11(14)15-2/h3-4,8,12-13H,5-7H2,1-2H3. The summed E-state index contributed by atoms with van der Waals surface area (Å²) in [6, 6.07) is 4.01. The first-order valence-electron chi connectivity index (χ1n) is 5.14. The first-order chi connectivity index (χ1) is 7.65. The van der Waals surface area contributed by atoms with Gasteiger partial charge in [0, 0.05) is 22.3 Å². The van der Waals surface area contributed by atoms with Crippen molar-refractivity contribution in [1.82, 2.24) is 5.32 Å². The number of hydrogen-bond donors (Lipinski definition) is 2. The van der Waals surface area contributed by atoms with Crippen molar-refractivity contribution in [2.75, 3.05) is 13.7 Å². The molecule has 0 aliphatic heterocycles. The molecule has 0 amide bonds. The van der Waals surface area contributed by atoms with Gasteiger partial charge in [0.1, 0.15) is 0 Å². The zero-order chi connectivity index (χ0) is 12.0. The zero-order valence-electron chi connectivity index (χ0n) is 9.53. The Morgan fingerprint density at radius 3 is 2.88 bits per heavy atom. The summed E-state index contributed by atoms with van der Waals surface area (Å²) in [5.41, 5.74) is 0. The predicted octanol–water partition coefficient (Wildman–Crippen LogP) is 0.934. The Hall–Kier alpha value is -0.910. The van der Waals surface area contributed by atoms with Crippen molar-refractivity contribution in [1.29, 1.82) is 0 Å². The lowest BCUT2D eigenvalue weighted by molar-refractivity contribution is -0.139. The molecule has 1 atom stereocenters. The molecule has 1 aromatic heterocycles. The second-order valence-corrected chi connectivity index (χ2v) is 4.84. The van der Waals surface area contributed by atoms with Crippen LogP contribution in [0.1, 0.15) is 16.7 Å². The molecule has 0 saturated carbocycles. The van der Waals surface area contributed by atoms with Crippen LogP contribution in [0.25, 0.3) is 0 Å². The average Bonchev–Trinajstić information content (AvgIpc) is 2.73. The van der Waals surface area contributed by atoms with Crippen LogP contribution in [0.15, 0.2) is 12.1 Å². The topological polar surface area (TPSA) is 58.6 Å². The lowest BCUT2D eigenvalue weighted by Gasteiger charge is -2.08. The Labute approximate surface area is 99.2 Å². The molecular formula is C11H17NO3S. The fourth-order valence-corrected chi connectivity index (χ4v) is 2.12. The molecule has 1 rings (SSSR count). The largest absolute Gasteiger partial charge is 0.469 e. The molecule has 0 radical (unpaired) electrons. The summed E-state index contributed by atoms with van der Waals surface area (Å²) in [5, 5.41) is 12.0. The van der Waals surface area contributed by atoms with E-state index in [2.05, 4.69) is 10.1 Å². The maximum Gasteiger partial charge on any atom is 0.310 e. The molecule has 90 valence electrons. The van der Waals surface area contributed by atoms with Gasteiger partial charge in [-0.15, -0.1) is 11.3 Å². The maximum absolute atomic E-state index is 11.0. The van der Waals surface area contributed by atoms with E-state index in [0.717, 1.165) is 9.75 Å². The number of aliphatic hydroxyl groups excluding tert-OH is 1. The van der Waals surface area contributed by atoms with Crippen molar-refractivity contribution in [3.05, 3.63) is 21.9 Å². The van der Waals surface area contributed by atoms with Crippen LogP contribution in [0, 0.1) is 0 Å². The zero-order valence-corrected chi connectivity index (χ0v) is 10.3. The van der Waals surface area contributed by atoms with Crippen LogP contribution in [-0.2, 0) is 22.5 Å². The highest BCUT2D eigenvalue weighted by atomic mass is 32.1. The van der Waals surface area contributed by atoms with E-state index < -0.39 is 0 Å². The summed E-state index contributed by atoms with van der Waals surface area (Å²) < 4.78 is 4.60. The number of rotatable bonds is 6. The molecule has 1 aromatic rings. The van der Waals surface area contributed by atoms with Gasteiger partial charge in [0.05, 0.1) is 20.1 Å². The summed E-state index contributed by atoms with van der Waals surface area (Å²) in [6.07, 6.45) is 0.330. The van der Waals surface area contributed by atoms with E-state index in [9.17, 15) is 4.79 Å². The summed E-state index contributed by atoms with van der Waals surface area (Å²) in [7, 11) is 1.39. The minimum absolute atomic E-state index is 0.0890. The first kappa shape index (κ1) is 13.2.